The van der Waals surface area contributed by atoms with E-state index in [-0.39, 0.29) is 5.82 Å². The van der Waals surface area contributed by atoms with Gasteiger partial charge in [0.05, 0.1) is 5.69 Å². The molecule has 5 heteroatoms. The lowest BCUT2D eigenvalue weighted by Gasteiger charge is -2.10. The van der Waals surface area contributed by atoms with Crippen LogP contribution in [-0.4, -0.2) is 23.3 Å². The van der Waals surface area contributed by atoms with Crippen LogP contribution < -0.4 is 5.32 Å². The number of aromatic nitrogens is 2. The minimum Gasteiger partial charge on any atom is -0.385 e. The summed E-state index contributed by atoms with van der Waals surface area (Å²) in [7, 11) is 1.69. The molecule has 0 saturated heterocycles. The van der Waals surface area contributed by atoms with Gasteiger partial charge in [0.2, 0.25) is 5.95 Å². The number of nitrogens with zero attached hydrogens (tertiary/aromatic N) is 2. The summed E-state index contributed by atoms with van der Waals surface area (Å²) < 4.78 is 20.4. The topological polar surface area (TPSA) is 39.1 Å². The molecule has 0 unspecified atom stereocenters. The molecule has 1 N–H and O–H groups in total. The van der Waals surface area contributed by atoms with E-state index in [1.54, 1.807) is 26.2 Å². The molecule has 0 radical (unpaired) electrons. The highest BCUT2D eigenvalue weighted by molar-refractivity contribution is 5.55. The van der Waals surface area contributed by atoms with Crippen LogP contribution in [0.1, 0.15) is 17.7 Å². The normalized spacial score (nSPS) is 10.8. The van der Waals surface area contributed by atoms with E-state index in [1.165, 1.54) is 6.07 Å². The molecular weight excluding hydrogens is 257 g/mol. The van der Waals surface area contributed by atoms with Crippen molar-refractivity contribution in [2.24, 2.45) is 0 Å². The molecule has 0 saturated carbocycles. The van der Waals surface area contributed by atoms with Crippen molar-refractivity contribution in [1.82, 2.24) is 9.55 Å². The van der Waals surface area contributed by atoms with Crippen molar-refractivity contribution < 1.29 is 9.13 Å². The van der Waals surface area contributed by atoms with E-state index in [0.29, 0.717) is 12.2 Å². The Hall–Kier alpha value is -1.88. The molecule has 1 aromatic heterocycles. The van der Waals surface area contributed by atoms with Gasteiger partial charge in [0.15, 0.2) is 0 Å². The molecule has 0 amide bonds. The summed E-state index contributed by atoms with van der Waals surface area (Å²) in [4.78, 5) is 4.45. The zero-order valence-corrected chi connectivity index (χ0v) is 12.1. The van der Waals surface area contributed by atoms with Crippen LogP contribution in [0, 0.1) is 19.7 Å². The number of aryl methyl sites for hydroxylation is 3. The molecule has 0 fully saturated rings. The largest absolute Gasteiger partial charge is 0.385 e. The molecule has 4 nitrogen and oxygen atoms in total. The van der Waals surface area contributed by atoms with Crippen LogP contribution in [0.3, 0.4) is 0 Å². The minimum atomic E-state index is -0.199. The number of anilines is 2. The lowest BCUT2D eigenvalue weighted by Crippen LogP contribution is -2.05. The maximum Gasteiger partial charge on any atom is 0.207 e. The van der Waals surface area contributed by atoms with Crippen LogP contribution in [-0.2, 0) is 11.3 Å². The van der Waals surface area contributed by atoms with Gasteiger partial charge >= 0.3 is 0 Å². The molecule has 0 aliphatic heterocycles. The summed E-state index contributed by atoms with van der Waals surface area (Å²) in [5, 5.41) is 3.23. The Labute approximate surface area is 118 Å². The van der Waals surface area contributed by atoms with Crippen LogP contribution in [0.15, 0.2) is 24.4 Å². The van der Waals surface area contributed by atoms with Crippen LogP contribution in [0.2, 0.25) is 0 Å². The molecule has 1 aromatic carbocycles. The Morgan fingerprint density at radius 1 is 1.35 bits per heavy atom. The number of rotatable bonds is 6. The molecule has 2 rings (SSSR count). The standard InChI is InChI=1S/C15H20FN3O/c1-11-9-13(5-6-14(11)16)18-15-17-12(2)10-19(15)7-4-8-20-3/h5-6,9-10H,4,7-8H2,1-3H3,(H,17,18). The maximum atomic E-state index is 13.3. The first kappa shape index (κ1) is 14.5. The molecule has 0 atom stereocenters. The molecule has 108 valence electrons. The van der Waals surface area contributed by atoms with Crippen LogP contribution in [0.25, 0.3) is 0 Å². The van der Waals surface area contributed by atoms with Gasteiger partial charge in [-0.1, -0.05) is 0 Å². The summed E-state index contributed by atoms with van der Waals surface area (Å²) >= 11 is 0. The Kier molecular flexibility index (Phi) is 4.74. The third kappa shape index (κ3) is 3.57. The van der Waals surface area contributed by atoms with Crippen molar-refractivity contribution in [2.75, 3.05) is 19.0 Å². The first-order valence-corrected chi connectivity index (χ1v) is 6.66. The lowest BCUT2D eigenvalue weighted by molar-refractivity contribution is 0.190. The fourth-order valence-corrected chi connectivity index (χ4v) is 2.05. The maximum absolute atomic E-state index is 13.3. The molecule has 0 spiro atoms. The first-order chi connectivity index (χ1) is 9.60. The van der Waals surface area contributed by atoms with Crippen LogP contribution in [0.5, 0.6) is 0 Å². The Bertz CT molecular complexity index is 580. The average molecular weight is 277 g/mol. The second kappa shape index (κ2) is 6.52. The fourth-order valence-electron chi connectivity index (χ4n) is 2.05. The van der Waals surface area contributed by atoms with Gasteiger partial charge in [0.1, 0.15) is 5.82 Å². The number of halogens is 1. The molecular formula is C15H20FN3O. The van der Waals surface area contributed by atoms with Gasteiger partial charge in [-0.25, -0.2) is 9.37 Å². The molecule has 0 aliphatic carbocycles. The highest BCUT2D eigenvalue weighted by Gasteiger charge is 2.07. The van der Waals surface area contributed by atoms with Crippen molar-refractivity contribution in [2.45, 2.75) is 26.8 Å². The van der Waals surface area contributed by atoms with E-state index in [4.69, 9.17) is 4.74 Å². The number of nitrogens with one attached hydrogen (secondary N) is 1. The van der Waals surface area contributed by atoms with Gasteiger partial charge < -0.3 is 14.6 Å². The number of hydrogen-bond acceptors (Lipinski definition) is 3. The van der Waals surface area contributed by atoms with E-state index in [0.717, 1.165) is 30.3 Å². The van der Waals surface area contributed by atoms with E-state index < -0.39 is 0 Å². The third-order valence-corrected chi connectivity index (χ3v) is 3.06. The molecule has 1 heterocycles. The van der Waals surface area contributed by atoms with E-state index >= 15 is 0 Å². The SMILES string of the molecule is COCCCn1cc(C)nc1Nc1ccc(F)c(C)c1. The van der Waals surface area contributed by atoms with E-state index in [2.05, 4.69) is 10.3 Å². The first-order valence-electron chi connectivity index (χ1n) is 6.66. The quantitative estimate of drug-likeness (QED) is 0.822. The average Bonchev–Trinajstić information content (AvgIpc) is 2.74. The molecule has 0 bridgehead atoms. The summed E-state index contributed by atoms with van der Waals surface area (Å²) in [5.74, 6) is 0.569. The number of benzene rings is 1. The summed E-state index contributed by atoms with van der Waals surface area (Å²) in [5.41, 5.74) is 2.40. The van der Waals surface area contributed by atoms with Crippen LogP contribution in [0.4, 0.5) is 16.0 Å². The number of hydrogen-bond donors (Lipinski definition) is 1. The van der Waals surface area contributed by atoms with Crippen molar-refractivity contribution in [3.05, 3.63) is 41.5 Å². The van der Waals surface area contributed by atoms with Crippen molar-refractivity contribution in [3.63, 3.8) is 0 Å². The zero-order chi connectivity index (χ0) is 14.5. The smallest absolute Gasteiger partial charge is 0.207 e. The Morgan fingerprint density at radius 3 is 2.85 bits per heavy atom. The highest BCUT2D eigenvalue weighted by atomic mass is 19.1. The number of ether oxygens (including phenoxy) is 1. The van der Waals surface area contributed by atoms with Gasteiger partial charge in [-0.3, -0.25) is 0 Å². The molecule has 2 aromatic rings. The molecule has 0 aliphatic rings. The predicted octanol–water partition coefficient (Wildman–Crippen LogP) is 3.42. The van der Waals surface area contributed by atoms with E-state index in [9.17, 15) is 4.39 Å². The Balaban J connectivity index is 2.13. The summed E-state index contributed by atoms with van der Waals surface area (Å²) in [6.45, 7) is 5.24. The third-order valence-electron chi connectivity index (χ3n) is 3.06. The molecule has 20 heavy (non-hydrogen) atoms. The van der Waals surface area contributed by atoms with Crippen molar-refractivity contribution in [1.29, 1.82) is 0 Å². The van der Waals surface area contributed by atoms with Gasteiger partial charge in [-0.2, -0.15) is 0 Å². The second-order valence-corrected chi connectivity index (χ2v) is 4.83. The Morgan fingerprint density at radius 2 is 2.15 bits per heavy atom. The monoisotopic (exact) mass is 277 g/mol. The van der Waals surface area contributed by atoms with Gasteiger partial charge in [0, 0.05) is 32.1 Å². The highest BCUT2D eigenvalue weighted by Crippen LogP contribution is 2.19. The van der Waals surface area contributed by atoms with Gasteiger partial charge in [-0.05, 0) is 44.0 Å². The zero-order valence-electron chi connectivity index (χ0n) is 12.1. The summed E-state index contributed by atoms with van der Waals surface area (Å²) in [6, 6.07) is 4.95. The van der Waals surface area contributed by atoms with Gasteiger partial charge in [0.25, 0.3) is 0 Å². The predicted molar refractivity (Wildman–Crippen MR) is 77.9 cm³/mol. The van der Waals surface area contributed by atoms with E-state index in [1.807, 2.05) is 17.7 Å². The summed E-state index contributed by atoms with van der Waals surface area (Å²) in [6.07, 6.45) is 2.91. The fraction of sp³-hybridized carbons (Fsp3) is 0.400. The number of imidazole rings is 1. The lowest BCUT2D eigenvalue weighted by atomic mass is 10.2. The van der Waals surface area contributed by atoms with Gasteiger partial charge in [-0.15, -0.1) is 0 Å². The van der Waals surface area contributed by atoms with Crippen molar-refractivity contribution in [3.8, 4) is 0 Å². The second-order valence-electron chi connectivity index (χ2n) is 4.83. The van der Waals surface area contributed by atoms with Crippen LogP contribution >= 0.6 is 0 Å². The van der Waals surface area contributed by atoms with Crippen molar-refractivity contribution >= 4 is 11.6 Å². The number of methoxy groups -OCH3 is 1. The minimum absolute atomic E-state index is 0.199.